The maximum absolute atomic E-state index is 13.4. The predicted octanol–water partition coefficient (Wildman–Crippen LogP) is 4.85. The smallest absolute Gasteiger partial charge is 0.224 e. The Kier molecular flexibility index (Phi) is 5.50. The Morgan fingerprint density at radius 2 is 1.32 bits per heavy atom. The van der Waals surface area contributed by atoms with Crippen LogP contribution in [0, 0.1) is 5.82 Å². The van der Waals surface area contributed by atoms with Crippen LogP contribution in [0.25, 0.3) is 21.7 Å². The molecule has 0 N–H and O–H groups in total. The van der Waals surface area contributed by atoms with Crippen molar-refractivity contribution in [2.75, 3.05) is 6.26 Å². The number of halogens is 1. The minimum atomic E-state index is -3.86. The van der Waals surface area contributed by atoms with E-state index in [0.29, 0.717) is 21.7 Å². The van der Waals surface area contributed by atoms with Gasteiger partial charge in [-0.15, -0.1) is 11.3 Å². The molecule has 0 aliphatic rings. The van der Waals surface area contributed by atoms with E-state index in [1.807, 2.05) is 0 Å². The Hall–Kier alpha value is -2.88. The van der Waals surface area contributed by atoms with Crippen molar-refractivity contribution in [2.45, 2.75) is 14.1 Å². The van der Waals surface area contributed by atoms with E-state index >= 15 is 0 Å². The average Bonchev–Trinajstić information content (AvgIpc) is 3.21. The number of thiazole rings is 1. The van der Waals surface area contributed by atoms with E-state index in [1.54, 1.807) is 30.3 Å². The second-order valence-electron chi connectivity index (χ2n) is 6.78. The summed E-state index contributed by atoms with van der Waals surface area (Å²) >= 11 is 0.984. The summed E-state index contributed by atoms with van der Waals surface area (Å²) in [5.41, 5.74) is 1.54. The molecule has 1 heterocycles. The summed E-state index contributed by atoms with van der Waals surface area (Å²) in [7, 11) is -7.23. The van der Waals surface area contributed by atoms with Gasteiger partial charge in [-0.25, -0.2) is 26.2 Å². The van der Waals surface area contributed by atoms with Gasteiger partial charge in [-0.3, -0.25) is 0 Å². The van der Waals surface area contributed by atoms with Crippen LogP contribution < -0.4 is 0 Å². The Morgan fingerprint density at radius 1 is 0.742 bits per heavy atom. The third kappa shape index (κ3) is 4.30. The van der Waals surface area contributed by atoms with Crippen molar-refractivity contribution in [1.29, 1.82) is 0 Å². The number of hydrogen-bond donors (Lipinski definition) is 0. The molecule has 0 amide bonds. The molecule has 0 atom stereocenters. The lowest BCUT2D eigenvalue weighted by Gasteiger charge is -2.04. The van der Waals surface area contributed by atoms with E-state index < -0.39 is 25.5 Å². The molecule has 4 aromatic rings. The van der Waals surface area contributed by atoms with Crippen LogP contribution in [0.2, 0.25) is 0 Å². The topological polar surface area (TPSA) is 81.2 Å². The first-order chi connectivity index (χ1) is 14.7. The van der Waals surface area contributed by atoms with Gasteiger partial charge in [0.15, 0.2) is 9.84 Å². The predicted molar refractivity (Wildman–Crippen MR) is 118 cm³/mol. The second-order valence-corrected chi connectivity index (χ2v) is 11.9. The number of benzene rings is 3. The van der Waals surface area contributed by atoms with Crippen molar-refractivity contribution in [2.24, 2.45) is 0 Å². The van der Waals surface area contributed by atoms with Gasteiger partial charge in [-0.1, -0.05) is 30.3 Å². The molecule has 0 radical (unpaired) electrons. The standard InChI is InChI=1S/C22H16FNO4S3/c1-30(25,26)18-13-9-16(10-14-18)21-20(15-7-11-17(23)12-8-15)24-22(29-21)31(27,28)19-5-3-2-4-6-19/h2-14H,1H3. The molecule has 0 saturated carbocycles. The molecular formula is C22H16FNO4S3. The molecule has 0 spiro atoms. The summed E-state index contributed by atoms with van der Waals surface area (Å²) in [5.74, 6) is -0.421. The molecule has 0 saturated heterocycles. The minimum Gasteiger partial charge on any atom is -0.224 e. The lowest BCUT2D eigenvalue weighted by Crippen LogP contribution is -2.01. The summed E-state index contributed by atoms with van der Waals surface area (Å²) in [6.45, 7) is 0. The molecule has 9 heteroatoms. The van der Waals surface area contributed by atoms with E-state index in [9.17, 15) is 21.2 Å². The van der Waals surface area contributed by atoms with Gasteiger partial charge >= 0.3 is 0 Å². The monoisotopic (exact) mass is 473 g/mol. The number of hydrogen-bond acceptors (Lipinski definition) is 6. The molecule has 0 aliphatic heterocycles. The maximum Gasteiger partial charge on any atom is 0.233 e. The Bertz CT molecular complexity index is 1440. The molecule has 158 valence electrons. The summed E-state index contributed by atoms with van der Waals surface area (Å²) in [5, 5.41) is 0. The van der Waals surface area contributed by atoms with Crippen LogP contribution >= 0.6 is 11.3 Å². The fourth-order valence-electron chi connectivity index (χ4n) is 2.97. The number of nitrogens with zero attached hydrogens (tertiary/aromatic N) is 1. The van der Waals surface area contributed by atoms with Crippen molar-refractivity contribution >= 4 is 31.0 Å². The van der Waals surface area contributed by atoms with Gasteiger partial charge in [0.2, 0.25) is 14.2 Å². The van der Waals surface area contributed by atoms with Crippen LogP contribution in [0.15, 0.2) is 93.0 Å². The Balaban J connectivity index is 1.90. The van der Waals surface area contributed by atoms with Crippen molar-refractivity contribution in [3.05, 3.63) is 84.7 Å². The Labute approximate surface area is 183 Å². The molecule has 0 unspecified atom stereocenters. The molecule has 0 fully saturated rings. The fraction of sp³-hybridized carbons (Fsp3) is 0.0455. The number of sulfone groups is 2. The highest BCUT2D eigenvalue weighted by Crippen LogP contribution is 2.40. The SMILES string of the molecule is CS(=O)(=O)c1ccc(-c2sc(S(=O)(=O)c3ccccc3)nc2-c2ccc(F)cc2)cc1. The highest BCUT2D eigenvalue weighted by atomic mass is 32.2. The van der Waals surface area contributed by atoms with Crippen LogP contribution in [0.4, 0.5) is 4.39 Å². The highest BCUT2D eigenvalue weighted by molar-refractivity contribution is 7.93. The van der Waals surface area contributed by atoms with Gasteiger partial charge in [-0.2, -0.15) is 0 Å². The quantitative estimate of drug-likeness (QED) is 0.414. The van der Waals surface area contributed by atoms with Crippen molar-refractivity contribution in [1.82, 2.24) is 4.98 Å². The third-order valence-corrected chi connectivity index (χ3v) is 8.93. The average molecular weight is 474 g/mol. The van der Waals surface area contributed by atoms with Crippen molar-refractivity contribution in [3.8, 4) is 21.7 Å². The van der Waals surface area contributed by atoms with E-state index in [-0.39, 0.29) is 14.1 Å². The molecule has 5 nitrogen and oxygen atoms in total. The van der Waals surface area contributed by atoms with Gasteiger partial charge in [0.05, 0.1) is 20.4 Å². The first kappa shape index (κ1) is 21.4. The van der Waals surface area contributed by atoms with Gasteiger partial charge in [0.1, 0.15) is 5.82 Å². The number of rotatable bonds is 5. The highest BCUT2D eigenvalue weighted by Gasteiger charge is 2.26. The van der Waals surface area contributed by atoms with Crippen LogP contribution in [0.1, 0.15) is 0 Å². The van der Waals surface area contributed by atoms with Crippen LogP contribution in [-0.4, -0.2) is 28.1 Å². The lowest BCUT2D eigenvalue weighted by atomic mass is 10.1. The first-order valence-corrected chi connectivity index (χ1v) is 13.2. The van der Waals surface area contributed by atoms with E-state index in [0.717, 1.165) is 17.6 Å². The summed E-state index contributed by atoms with van der Waals surface area (Å²) < 4.78 is 63.1. The molecule has 1 aromatic heterocycles. The fourth-order valence-corrected chi connectivity index (χ4v) is 6.33. The van der Waals surface area contributed by atoms with Crippen molar-refractivity contribution in [3.63, 3.8) is 0 Å². The summed E-state index contributed by atoms with van der Waals surface area (Å²) in [4.78, 5) is 5.21. The Morgan fingerprint density at radius 3 is 1.90 bits per heavy atom. The van der Waals surface area contributed by atoms with E-state index in [1.165, 1.54) is 48.5 Å². The van der Waals surface area contributed by atoms with E-state index in [2.05, 4.69) is 4.98 Å². The zero-order chi connectivity index (χ0) is 22.2. The van der Waals surface area contributed by atoms with E-state index in [4.69, 9.17) is 0 Å². The normalized spacial score (nSPS) is 12.1. The largest absolute Gasteiger partial charge is 0.233 e. The van der Waals surface area contributed by atoms with Gasteiger partial charge < -0.3 is 0 Å². The van der Waals surface area contributed by atoms with Gasteiger partial charge in [0.25, 0.3) is 0 Å². The number of aromatic nitrogens is 1. The minimum absolute atomic E-state index is 0.0970. The van der Waals surface area contributed by atoms with Gasteiger partial charge in [-0.05, 0) is 54.1 Å². The van der Waals surface area contributed by atoms with Crippen LogP contribution in [-0.2, 0) is 19.7 Å². The zero-order valence-corrected chi connectivity index (χ0v) is 18.6. The zero-order valence-electron chi connectivity index (χ0n) is 16.2. The molecular weight excluding hydrogens is 457 g/mol. The first-order valence-electron chi connectivity index (χ1n) is 9.04. The second kappa shape index (κ2) is 7.99. The lowest BCUT2D eigenvalue weighted by molar-refractivity contribution is 0.595. The van der Waals surface area contributed by atoms with Crippen molar-refractivity contribution < 1.29 is 21.2 Å². The molecule has 31 heavy (non-hydrogen) atoms. The maximum atomic E-state index is 13.4. The molecule has 0 bridgehead atoms. The third-order valence-electron chi connectivity index (χ3n) is 4.55. The molecule has 0 aliphatic carbocycles. The summed E-state index contributed by atoms with van der Waals surface area (Å²) in [6.07, 6.45) is 1.11. The molecule has 4 rings (SSSR count). The van der Waals surface area contributed by atoms with Crippen LogP contribution in [0.5, 0.6) is 0 Å². The summed E-state index contributed by atoms with van der Waals surface area (Å²) in [6, 6.07) is 19.7. The van der Waals surface area contributed by atoms with Gasteiger partial charge in [0, 0.05) is 11.8 Å². The van der Waals surface area contributed by atoms with Crippen LogP contribution in [0.3, 0.4) is 0 Å². The molecule has 3 aromatic carbocycles.